The Morgan fingerprint density at radius 1 is 1.40 bits per heavy atom. The SMILES string of the molecule is CN1CCC(CNc2ncc3ccc(=O)[nH]c3n2)CC1. The van der Waals surface area contributed by atoms with Crippen molar-refractivity contribution in [2.24, 2.45) is 5.92 Å². The Morgan fingerprint density at radius 3 is 3.00 bits per heavy atom. The van der Waals surface area contributed by atoms with Gasteiger partial charge >= 0.3 is 0 Å². The molecule has 6 heteroatoms. The van der Waals surface area contributed by atoms with E-state index in [1.807, 2.05) is 0 Å². The quantitative estimate of drug-likeness (QED) is 0.875. The standard InChI is InChI=1S/C14H19N5O/c1-19-6-4-10(5-7-19)8-15-14-16-9-11-2-3-12(20)17-13(11)18-14/h2-3,9-10H,4-8H2,1H3,(H2,15,16,17,18,20). The van der Waals surface area contributed by atoms with Crippen molar-refractivity contribution < 1.29 is 0 Å². The maximum absolute atomic E-state index is 11.3. The second-order valence-electron chi connectivity index (χ2n) is 5.45. The molecule has 1 aliphatic heterocycles. The summed E-state index contributed by atoms with van der Waals surface area (Å²) in [6, 6.07) is 3.21. The third-order valence-electron chi connectivity index (χ3n) is 3.86. The summed E-state index contributed by atoms with van der Waals surface area (Å²) in [5.74, 6) is 1.25. The van der Waals surface area contributed by atoms with Crippen LogP contribution in [0.4, 0.5) is 5.95 Å². The molecular formula is C14H19N5O. The molecule has 2 aromatic rings. The highest BCUT2D eigenvalue weighted by Crippen LogP contribution is 2.16. The number of nitrogens with one attached hydrogen (secondary N) is 2. The molecule has 20 heavy (non-hydrogen) atoms. The van der Waals surface area contributed by atoms with Gasteiger partial charge < -0.3 is 15.2 Å². The second kappa shape index (κ2) is 5.58. The second-order valence-corrected chi connectivity index (χ2v) is 5.45. The monoisotopic (exact) mass is 273 g/mol. The highest BCUT2D eigenvalue weighted by Gasteiger charge is 2.16. The van der Waals surface area contributed by atoms with E-state index in [0.717, 1.165) is 25.0 Å². The third kappa shape index (κ3) is 2.96. The zero-order chi connectivity index (χ0) is 13.9. The summed E-state index contributed by atoms with van der Waals surface area (Å²) in [5.41, 5.74) is 0.441. The molecule has 106 valence electrons. The van der Waals surface area contributed by atoms with E-state index in [-0.39, 0.29) is 5.56 Å². The number of aromatic amines is 1. The average Bonchev–Trinajstić information content (AvgIpc) is 2.46. The number of anilines is 1. The fourth-order valence-corrected chi connectivity index (χ4v) is 2.52. The predicted molar refractivity (Wildman–Crippen MR) is 78.9 cm³/mol. The summed E-state index contributed by atoms with van der Waals surface area (Å²) < 4.78 is 0. The summed E-state index contributed by atoms with van der Waals surface area (Å²) in [4.78, 5) is 25.0. The van der Waals surface area contributed by atoms with Gasteiger partial charge in [0.2, 0.25) is 11.5 Å². The summed E-state index contributed by atoms with van der Waals surface area (Å²) in [5, 5.41) is 4.12. The molecule has 1 fully saturated rings. The Morgan fingerprint density at radius 2 is 2.20 bits per heavy atom. The summed E-state index contributed by atoms with van der Waals surface area (Å²) in [6.07, 6.45) is 4.14. The van der Waals surface area contributed by atoms with Crippen molar-refractivity contribution in [3.63, 3.8) is 0 Å². The lowest BCUT2D eigenvalue weighted by Crippen LogP contribution is -2.33. The van der Waals surface area contributed by atoms with Gasteiger partial charge in [-0.3, -0.25) is 4.79 Å². The molecule has 2 aromatic heterocycles. The van der Waals surface area contributed by atoms with Gasteiger partial charge in [0.1, 0.15) is 5.65 Å². The number of likely N-dealkylation sites (tertiary alicyclic amines) is 1. The first-order chi connectivity index (χ1) is 9.70. The summed E-state index contributed by atoms with van der Waals surface area (Å²) >= 11 is 0. The molecule has 0 radical (unpaired) electrons. The van der Waals surface area contributed by atoms with Crippen molar-refractivity contribution in [2.75, 3.05) is 32.0 Å². The Kier molecular flexibility index (Phi) is 3.64. The molecule has 2 N–H and O–H groups in total. The normalized spacial score (nSPS) is 17.4. The Bertz CT molecular complexity index is 645. The molecule has 6 nitrogen and oxygen atoms in total. The summed E-state index contributed by atoms with van der Waals surface area (Å²) in [7, 11) is 2.16. The minimum Gasteiger partial charge on any atom is -0.354 e. The van der Waals surface area contributed by atoms with E-state index in [0.29, 0.717) is 17.5 Å². The van der Waals surface area contributed by atoms with Crippen LogP contribution in [0.5, 0.6) is 0 Å². The maximum Gasteiger partial charge on any atom is 0.249 e. The lowest BCUT2D eigenvalue weighted by molar-refractivity contribution is 0.226. The van der Waals surface area contributed by atoms with Crippen LogP contribution in [0.3, 0.4) is 0 Å². The molecular weight excluding hydrogens is 254 g/mol. The topological polar surface area (TPSA) is 73.9 Å². The molecule has 1 aliphatic rings. The van der Waals surface area contributed by atoms with E-state index in [1.165, 1.54) is 18.9 Å². The molecule has 0 saturated carbocycles. The minimum atomic E-state index is -0.141. The van der Waals surface area contributed by atoms with Crippen molar-refractivity contribution in [3.05, 3.63) is 28.7 Å². The van der Waals surface area contributed by atoms with E-state index in [2.05, 4.69) is 32.2 Å². The number of H-pyrrole nitrogens is 1. The molecule has 0 bridgehead atoms. The van der Waals surface area contributed by atoms with Crippen LogP contribution in [0.1, 0.15) is 12.8 Å². The highest BCUT2D eigenvalue weighted by molar-refractivity contribution is 5.74. The van der Waals surface area contributed by atoms with E-state index in [4.69, 9.17) is 0 Å². The van der Waals surface area contributed by atoms with Crippen LogP contribution < -0.4 is 10.9 Å². The number of hydrogen-bond donors (Lipinski definition) is 2. The zero-order valence-corrected chi connectivity index (χ0v) is 11.6. The molecule has 0 unspecified atom stereocenters. The molecule has 0 aromatic carbocycles. The lowest BCUT2D eigenvalue weighted by Gasteiger charge is -2.28. The number of nitrogens with zero attached hydrogens (tertiary/aromatic N) is 3. The van der Waals surface area contributed by atoms with Crippen LogP contribution in [-0.2, 0) is 0 Å². The maximum atomic E-state index is 11.3. The third-order valence-corrected chi connectivity index (χ3v) is 3.86. The van der Waals surface area contributed by atoms with Gasteiger partial charge in [0.15, 0.2) is 0 Å². The van der Waals surface area contributed by atoms with Crippen LogP contribution in [0.15, 0.2) is 23.1 Å². The first-order valence-electron chi connectivity index (χ1n) is 6.99. The van der Waals surface area contributed by atoms with Crippen molar-refractivity contribution in [3.8, 4) is 0 Å². The molecule has 0 atom stereocenters. The van der Waals surface area contributed by atoms with E-state index >= 15 is 0 Å². The first-order valence-corrected chi connectivity index (χ1v) is 6.99. The van der Waals surface area contributed by atoms with Gasteiger partial charge in [0.05, 0.1) is 0 Å². The van der Waals surface area contributed by atoms with E-state index in [9.17, 15) is 4.79 Å². The number of rotatable bonds is 3. The predicted octanol–water partition coefficient (Wildman–Crippen LogP) is 1.07. The van der Waals surface area contributed by atoms with Crippen LogP contribution in [-0.4, -0.2) is 46.5 Å². The first kappa shape index (κ1) is 13.1. The van der Waals surface area contributed by atoms with Gasteiger partial charge in [-0.05, 0) is 45.0 Å². The van der Waals surface area contributed by atoms with Crippen molar-refractivity contribution in [2.45, 2.75) is 12.8 Å². The number of aromatic nitrogens is 3. The molecule has 0 amide bonds. The van der Waals surface area contributed by atoms with Crippen LogP contribution in [0, 0.1) is 5.92 Å². The van der Waals surface area contributed by atoms with Gasteiger partial charge in [0.25, 0.3) is 0 Å². The molecule has 0 spiro atoms. The average molecular weight is 273 g/mol. The smallest absolute Gasteiger partial charge is 0.249 e. The van der Waals surface area contributed by atoms with Gasteiger partial charge in [-0.1, -0.05) is 0 Å². The zero-order valence-electron chi connectivity index (χ0n) is 11.6. The number of hydrogen-bond acceptors (Lipinski definition) is 5. The van der Waals surface area contributed by atoms with Crippen LogP contribution in [0.25, 0.3) is 11.0 Å². The fourth-order valence-electron chi connectivity index (χ4n) is 2.52. The molecule has 1 saturated heterocycles. The summed E-state index contributed by atoms with van der Waals surface area (Å²) in [6.45, 7) is 3.19. The van der Waals surface area contributed by atoms with Gasteiger partial charge in [0, 0.05) is 24.2 Å². The number of pyridine rings is 1. The largest absolute Gasteiger partial charge is 0.354 e. The van der Waals surface area contributed by atoms with Crippen LogP contribution in [0.2, 0.25) is 0 Å². The van der Waals surface area contributed by atoms with Gasteiger partial charge in [-0.2, -0.15) is 4.98 Å². The minimum absolute atomic E-state index is 0.141. The van der Waals surface area contributed by atoms with E-state index < -0.39 is 0 Å². The molecule has 3 heterocycles. The van der Waals surface area contributed by atoms with Gasteiger partial charge in [-0.25, -0.2) is 4.98 Å². The number of piperidine rings is 1. The Labute approximate surface area is 117 Å². The van der Waals surface area contributed by atoms with Crippen molar-refractivity contribution in [1.82, 2.24) is 19.9 Å². The van der Waals surface area contributed by atoms with Crippen molar-refractivity contribution in [1.29, 1.82) is 0 Å². The Balaban J connectivity index is 1.67. The molecule has 3 rings (SSSR count). The fraction of sp³-hybridized carbons (Fsp3) is 0.500. The highest BCUT2D eigenvalue weighted by atomic mass is 16.1. The molecule has 0 aliphatic carbocycles. The Hall–Kier alpha value is -1.95. The van der Waals surface area contributed by atoms with E-state index in [1.54, 1.807) is 12.3 Å². The van der Waals surface area contributed by atoms with Crippen LogP contribution >= 0.6 is 0 Å². The number of fused-ring (bicyclic) bond motifs is 1. The lowest BCUT2D eigenvalue weighted by atomic mass is 9.97. The van der Waals surface area contributed by atoms with Gasteiger partial charge in [-0.15, -0.1) is 0 Å². The van der Waals surface area contributed by atoms with Crippen molar-refractivity contribution >= 4 is 17.0 Å².